The zero-order valence-corrected chi connectivity index (χ0v) is 11.9. The maximum Gasteiger partial charge on any atom is 0.329 e. The summed E-state index contributed by atoms with van der Waals surface area (Å²) in [5.41, 5.74) is 1.00. The molecule has 5 heteroatoms. The molecule has 0 aliphatic carbocycles. The van der Waals surface area contributed by atoms with Gasteiger partial charge in [0.1, 0.15) is 12.6 Å². The summed E-state index contributed by atoms with van der Waals surface area (Å²) < 4.78 is 5.30. The lowest BCUT2D eigenvalue weighted by Gasteiger charge is -2.23. The van der Waals surface area contributed by atoms with Gasteiger partial charge in [-0.25, -0.2) is 4.79 Å². The first-order chi connectivity index (χ1) is 9.22. The molecule has 0 spiro atoms. The van der Waals surface area contributed by atoms with Crippen LogP contribution in [0.15, 0.2) is 16.8 Å². The number of carbonyl (C=O) groups is 2. The Bertz CT molecular complexity index is 430. The predicted molar refractivity (Wildman–Crippen MR) is 73.8 cm³/mol. The van der Waals surface area contributed by atoms with Gasteiger partial charge < -0.3 is 9.64 Å². The molecule has 0 N–H and O–H groups in total. The number of hydrogen-bond donors (Lipinski definition) is 0. The molecule has 4 nitrogen and oxygen atoms in total. The first-order valence-corrected chi connectivity index (χ1v) is 7.64. The lowest BCUT2D eigenvalue weighted by Crippen LogP contribution is -2.41. The second-order valence-electron chi connectivity index (χ2n) is 4.73. The predicted octanol–water partition coefficient (Wildman–Crippen LogP) is 2.58. The van der Waals surface area contributed by atoms with E-state index in [0.717, 1.165) is 24.8 Å². The van der Waals surface area contributed by atoms with Gasteiger partial charge in [-0.05, 0) is 36.1 Å². The smallest absolute Gasteiger partial charge is 0.329 e. The van der Waals surface area contributed by atoms with Gasteiger partial charge in [-0.2, -0.15) is 11.3 Å². The SMILES string of the molecule is CCCC(=O)N1CCC[C@H]1C(=O)OCc1ccsc1. The molecule has 1 aliphatic rings. The summed E-state index contributed by atoms with van der Waals surface area (Å²) in [5, 5.41) is 3.91. The summed E-state index contributed by atoms with van der Waals surface area (Å²) in [6.45, 7) is 2.95. The Morgan fingerprint density at radius 2 is 2.37 bits per heavy atom. The molecule has 0 aromatic carbocycles. The van der Waals surface area contributed by atoms with Crippen LogP contribution < -0.4 is 0 Å². The van der Waals surface area contributed by atoms with Gasteiger partial charge in [0.2, 0.25) is 5.91 Å². The average Bonchev–Trinajstić information content (AvgIpc) is 3.07. The summed E-state index contributed by atoms with van der Waals surface area (Å²) in [4.78, 5) is 25.6. The number of thiophene rings is 1. The molecule has 0 unspecified atom stereocenters. The minimum Gasteiger partial charge on any atom is -0.459 e. The number of nitrogens with zero attached hydrogens (tertiary/aromatic N) is 1. The standard InChI is InChI=1S/C14H19NO3S/c1-2-4-13(16)15-7-3-5-12(15)14(17)18-9-11-6-8-19-10-11/h6,8,10,12H,2-5,7,9H2,1H3/t12-/m0/s1. The average molecular weight is 281 g/mol. The molecule has 19 heavy (non-hydrogen) atoms. The summed E-state index contributed by atoms with van der Waals surface area (Å²) in [6, 6.07) is 1.56. The van der Waals surface area contributed by atoms with Crippen LogP contribution in [-0.4, -0.2) is 29.4 Å². The van der Waals surface area contributed by atoms with Crippen molar-refractivity contribution in [3.05, 3.63) is 22.4 Å². The molecule has 2 rings (SSSR count). The van der Waals surface area contributed by atoms with E-state index in [0.29, 0.717) is 19.6 Å². The molecule has 0 radical (unpaired) electrons. The fourth-order valence-electron chi connectivity index (χ4n) is 2.29. The van der Waals surface area contributed by atoms with Crippen molar-refractivity contribution in [3.63, 3.8) is 0 Å². The Kier molecular flexibility index (Phi) is 4.96. The van der Waals surface area contributed by atoms with Crippen LogP contribution in [0.3, 0.4) is 0 Å². The minimum absolute atomic E-state index is 0.0671. The van der Waals surface area contributed by atoms with Crippen LogP contribution in [0, 0.1) is 0 Å². The summed E-state index contributed by atoms with van der Waals surface area (Å²) >= 11 is 1.58. The minimum atomic E-state index is -0.377. The first-order valence-electron chi connectivity index (χ1n) is 6.69. The molecular formula is C14H19NO3S. The number of rotatable bonds is 5. The zero-order chi connectivity index (χ0) is 13.7. The van der Waals surface area contributed by atoms with Crippen LogP contribution in [0.4, 0.5) is 0 Å². The highest BCUT2D eigenvalue weighted by molar-refractivity contribution is 7.07. The Morgan fingerprint density at radius 1 is 1.53 bits per heavy atom. The number of esters is 1. The number of likely N-dealkylation sites (tertiary alicyclic amines) is 1. The monoisotopic (exact) mass is 281 g/mol. The van der Waals surface area contributed by atoms with Crippen LogP contribution in [0.25, 0.3) is 0 Å². The normalized spacial score (nSPS) is 18.6. The molecule has 1 amide bonds. The molecule has 1 aliphatic heterocycles. The molecule has 1 aromatic heterocycles. The van der Waals surface area contributed by atoms with Gasteiger partial charge in [-0.15, -0.1) is 0 Å². The van der Waals surface area contributed by atoms with Crippen LogP contribution in [0.1, 0.15) is 38.2 Å². The maximum absolute atomic E-state index is 12.0. The molecule has 1 fully saturated rings. The Labute approximate surface area is 117 Å². The third-order valence-electron chi connectivity index (χ3n) is 3.27. The van der Waals surface area contributed by atoms with Gasteiger partial charge in [0.25, 0.3) is 0 Å². The molecule has 104 valence electrons. The van der Waals surface area contributed by atoms with Gasteiger partial charge in [-0.3, -0.25) is 4.79 Å². The van der Waals surface area contributed by atoms with E-state index in [1.54, 1.807) is 16.2 Å². The van der Waals surface area contributed by atoms with Crippen molar-refractivity contribution in [2.24, 2.45) is 0 Å². The van der Waals surface area contributed by atoms with Crippen LogP contribution in [0.5, 0.6) is 0 Å². The number of ether oxygens (including phenoxy) is 1. The van der Waals surface area contributed by atoms with Crippen molar-refractivity contribution in [2.75, 3.05) is 6.54 Å². The molecule has 0 bridgehead atoms. The zero-order valence-electron chi connectivity index (χ0n) is 11.1. The van der Waals surface area contributed by atoms with Gasteiger partial charge in [-0.1, -0.05) is 6.92 Å². The van der Waals surface area contributed by atoms with E-state index in [1.165, 1.54) is 0 Å². The van der Waals surface area contributed by atoms with E-state index in [2.05, 4.69) is 0 Å². The van der Waals surface area contributed by atoms with E-state index in [1.807, 2.05) is 23.8 Å². The van der Waals surface area contributed by atoms with Crippen molar-refractivity contribution < 1.29 is 14.3 Å². The maximum atomic E-state index is 12.0. The van der Waals surface area contributed by atoms with E-state index >= 15 is 0 Å². The van der Waals surface area contributed by atoms with Crippen LogP contribution in [-0.2, 0) is 20.9 Å². The van der Waals surface area contributed by atoms with Gasteiger partial charge in [0.15, 0.2) is 0 Å². The number of hydrogen-bond acceptors (Lipinski definition) is 4. The second-order valence-corrected chi connectivity index (χ2v) is 5.51. The van der Waals surface area contributed by atoms with Crippen LogP contribution in [0.2, 0.25) is 0 Å². The highest BCUT2D eigenvalue weighted by atomic mass is 32.1. The van der Waals surface area contributed by atoms with Gasteiger partial charge in [0.05, 0.1) is 0 Å². The van der Waals surface area contributed by atoms with E-state index < -0.39 is 0 Å². The Hall–Kier alpha value is -1.36. The highest BCUT2D eigenvalue weighted by Gasteiger charge is 2.34. The van der Waals surface area contributed by atoms with Gasteiger partial charge in [0, 0.05) is 18.5 Å². The van der Waals surface area contributed by atoms with Crippen molar-refractivity contribution in [1.29, 1.82) is 0 Å². The molecule has 1 aromatic rings. The summed E-state index contributed by atoms with van der Waals surface area (Å²) in [5.74, 6) is -0.203. The van der Waals surface area contributed by atoms with E-state index in [9.17, 15) is 9.59 Å². The lowest BCUT2D eigenvalue weighted by molar-refractivity contribution is -0.154. The molecule has 0 saturated carbocycles. The number of carbonyl (C=O) groups excluding carboxylic acids is 2. The van der Waals surface area contributed by atoms with Crippen molar-refractivity contribution >= 4 is 23.2 Å². The first kappa shape index (κ1) is 14.1. The fourth-order valence-corrected chi connectivity index (χ4v) is 2.95. The van der Waals surface area contributed by atoms with E-state index in [4.69, 9.17) is 4.74 Å². The Balaban J connectivity index is 1.88. The molecule has 1 atom stereocenters. The van der Waals surface area contributed by atoms with Crippen molar-refractivity contribution in [3.8, 4) is 0 Å². The highest BCUT2D eigenvalue weighted by Crippen LogP contribution is 2.20. The van der Waals surface area contributed by atoms with E-state index in [-0.39, 0.29) is 17.9 Å². The van der Waals surface area contributed by atoms with Crippen LogP contribution >= 0.6 is 11.3 Å². The Morgan fingerprint density at radius 3 is 3.05 bits per heavy atom. The number of amides is 1. The largest absolute Gasteiger partial charge is 0.459 e. The summed E-state index contributed by atoms with van der Waals surface area (Å²) in [7, 11) is 0. The third-order valence-corrected chi connectivity index (χ3v) is 4.00. The topological polar surface area (TPSA) is 46.6 Å². The fraction of sp³-hybridized carbons (Fsp3) is 0.571. The van der Waals surface area contributed by atoms with Crippen molar-refractivity contribution in [1.82, 2.24) is 4.90 Å². The van der Waals surface area contributed by atoms with Crippen molar-refractivity contribution in [2.45, 2.75) is 45.3 Å². The second kappa shape index (κ2) is 6.70. The van der Waals surface area contributed by atoms with Gasteiger partial charge >= 0.3 is 5.97 Å². The summed E-state index contributed by atoms with van der Waals surface area (Å²) in [6.07, 6.45) is 2.92. The molecule has 1 saturated heterocycles. The quantitative estimate of drug-likeness (QED) is 0.779. The molecular weight excluding hydrogens is 262 g/mol. The lowest BCUT2D eigenvalue weighted by atomic mass is 10.2. The third kappa shape index (κ3) is 3.56. The molecule has 2 heterocycles.